The number of benzene rings is 1. The molecule has 0 amide bonds. The van der Waals surface area contributed by atoms with Crippen LogP contribution < -0.4 is 10.1 Å². The van der Waals surface area contributed by atoms with Gasteiger partial charge in [0.2, 0.25) is 0 Å². The second kappa shape index (κ2) is 6.54. The van der Waals surface area contributed by atoms with Crippen molar-refractivity contribution < 1.29 is 9.47 Å². The van der Waals surface area contributed by atoms with Crippen LogP contribution in [0.1, 0.15) is 11.4 Å². The molecule has 20 heavy (non-hydrogen) atoms. The maximum Gasteiger partial charge on any atom is 0.158 e. The fourth-order valence-corrected chi connectivity index (χ4v) is 2.03. The molecule has 0 aliphatic rings. The van der Waals surface area contributed by atoms with Gasteiger partial charge in [-0.05, 0) is 30.7 Å². The van der Waals surface area contributed by atoms with Crippen LogP contribution in [0.25, 0.3) is 0 Å². The predicted octanol–water partition coefficient (Wildman–Crippen LogP) is 3.34. The molecular formula is C14H16ClN3O2. The van der Waals surface area contributed by atoms with Crippen molar-refractivity contribution in [3.63, 3.8) is 0 Å². The van der Waals surface area contributed by atoms with E-state index in [0.717, 1.165) is 17.0 Å². The first-order valence-electron chi connectivity index (χ1n) is 6.06. The van der Waals surface area contributed by atoms with E-state index in [4.69, 9.17) is 21.1 Å². The van der Waals surface area contributed by atoms with Crippen LogP contribution in [-0.4, -0.2) is 24.2 Å². The standard InChI is InChI=1S/C14H16ClN3O2/c1-9-6-10(4-5-11(9)20-3)16-13-7-12(15)17-14(18-13)8-19-2/h4-7H,8H2,1-3H3,(H,16,17,18). The minimum atomic E-state index is 0.316. The van der Waals surface area contributed by atoms with E-state index < -0.39 is 0 Å². The second-order valence-electron chi connectivity index (χ2n) is 4.23. The van der Waals surface area contributed by atoms with Crippen LogP contribution in [0.3, 0.4) is 0 Å². The molecule has 0 saturated heterocycles. The summed E-state index contributed by atoms with van der Waals surface area (Å²) in [6.45, 7) is 2.30. The van der Waals surface area contributed by atoms with Gasteiger partial charge in [-0.1, -0.05) is 11.6 Å². The van der Waals surface area contributed by atoms with Crippen LogP contribution in [0.4, 0.5) is 11.5 Å². The molecule has 0 radical (unpaired) electrons. The molecule has 1 aromatic heterocycles. The number of ether oxygens (including phenoxy) is 2. The smallest absolute Gasteiger partial charge is 0.158 e. The van der Waals surface area contributed by atoms with Gasteiger partial charge in [-0.25, -0.2) is 9.97 Å². The fraction of sp³-hybridized carbons (Fsp3) is 0.286. The Balaban J connectivity index is 2.23. The number of halogens is 1. The maximum absolute atomic E-state index is 5.96. The van der Waals surface area contributed by atoms with Gasteiger partial charge in [-0.2, -0.15) is 0 Å². The summed E-state index contributed by atoms with van der Waals surface area (Å²) in [7, 11) is 3.24. The van der Waals surface area contributed by atoms with E-state index >= 15 is 0 Å². The van der Waals surface area contributed by atoms with Gasteiger partial charge in [0, 0.05) is 18.9 Å². The van der Waals surface area contributed by atoms with Crippen LogP contribution in [0.5, 0.6) is 5.75 Å². The molecule has 1 heterocycles. The van der Waals surface area contributed by atoms with Crippen molar-refractivity contribution in [1.82, 2.24) is 9.97 Å². The number of aromatic nitrogens is 2. The Morgan fingerprint density at radius 3 is 2.65 bits per heavy atom. The highest BCUT2D eigenvalue weighted by atomic mass is 35.5. The van der Waals surface area contributed by atoms with Crippen LogP contribution in [0.15, 0.2) is 24.3 Å². The number of hydrogen-bond donors (Lipinski definition) is 1. The number of nitrogens with zero attached hydrogens (tertiary/aromatic N) is 2. The van der Waals surface area contributed by atoms with Crippen LogP contribution in [0, 0.1) is 6.92 Å². The lowest BCUT2D eigenvalue weighted by Crippen LogP contribution is -2.02. The molecule has 106 valence electrons. The van der Waals surface area contributed by atoms with E-state index in [2.05, 4.69) is 15.3 Å². The Morgan fingerprint density at radius 2 is 2.00 bits per heavy atom. The highest BCUT2D eigenvalue weighted by Crippen LogP contribution is 2.24. The van der Waals surface area contributed by atoms with Gasteiger partial charge in [-0.15, -0.1) is 0 Å². The third kappa shape index (κ3) is 3.59. The summed E-state index contributed by atoms with van der Waals surface area (Å²) in [5.41, 5.74) is 1.94. The van der Waals surface area contributed by atoms with Crippen LogP contribution in [0.2, 0.25) is 5.15 Å². The van der Waals surface area contributed by atoms with Gasteiger partial charge < -0.3 is 14.8 Å². The van der Waals surface area contributed by atoms with E-state index in [1.165, 1.54) is 0 Å². The molecule has 1 aromatic carbocycles. The van der Waals surface area contributed by atoms with Crippen molar-refractivity contribution in [3.8, 4) is 5.75 Å². The molecule has 0 atom stereocenters. The number of nitrogens with one attached hydrogen (secondary N) is 1. The largest absolute Gasteiger partial charge is 0.496 e. The first kappa shape index (κ1) is 14.6. The SMILES string of the molecule is COCc1nc(Cl)cc(Nc2ccc(OC)c(C)c2)n1. The second-order valence-corrected chi connectivity index (χ2v) is 4.62. The normalized spacial score (nSPS) is 10.4. The van der Waals surface area contributed by atoms with Crippen molar-refractivity contribution in [2.75, 3.05) is 19.5 Å². The van der Waals surface area contributed by atoms with Crippen molar-refractivity contribution >= 4 is 23.1 Å². The quantitative estimate of drug-likeness (QED) is 0.857. The highest BCUT2D eigenvalue weighted by molar-refractivity contribution is 6.29. The van der Waals surface area contributed by atoms with Gasteiger partial charge in [-0.3, -0.25) is 0 Å². The fourth-order valence-electron chi connectivity index (χ4n) is 1.83. The van der Waals surface area contributed by atoms with Gasteiger partial charge in [0.05, 0.1) is 7.11 Å². The minimum absolute atomic E-state index is 0.316. The molecule has 2 rings (SSSR count). The Labute approximate surface area is 122 Å². The van der Waals surface area contributed by atoms with Crippen molar-refractivity contribution in [2.24, 2.45) is 0 Å². The summed E-state index contributed by atoms with van der Waals surface area (Å²) in [6, 6.07) is 7.46. The Kier molecular flexibility index (Phi) is 4.76. The van der Waals surface area contributed by atoms with Crippen molar-refractivity contribution in [2.45, 2.75) is 13.5 Å². The highest BCUT2D eigenvalue weighted by Gasteiger charge is 2.05. The van der Waals surface area contributed by atoms with Crippen LogP contribution in [-0.2, 0) is 11.3 Å². The predicted molar refractivity (Wildman–Crippen MR) is 78.8 cm³/mol. The molecular weight excluding hydrogens is 278 g/mol. The number of hydrogen-bond acceptors (Lipinski definition) is 5. The summed E-state index contributed by atoms with van der Waals surface area (Å²) >= 11 is 5.96. The first-order valence-corrected chi connectivity index (χ1v) is 6.44. The topological polar surface area (TPSA) is 56.3 Å². The van der Waals surface area contributed by atoms with Crippen molar-refractivity contribution in [1.29, 1.82) is 0 Å². The summed E-state index contributed by atoms with van der Waals surface area (Å²) in [5.74, 6) is 2.01. The van der Waals surface area contributed by atoms with E-state index in [0.29, 0.717) is 23.4 Å². The molecule has 0 saturated carbocycles. The molecule has 0 fully saturated rings. The van der Waals surface area contributed by atoms with E-state index in [1.807, 2.05) is 25.1 Å². The molecule has 0 spiro atoms. The Morgan fingerprint density at radius 1 is 1.20 bits per heavy atom. The summed E-state index contributed by atoms with van der Waals surface area (Å²) in [5, 5.41) is 3.56. The number of anilines is 2. The molecule has 5 nitrogen and oxygen atoms in total. The summed E-state index contributed by atoms with van der Waals surface area (Å²) < 4.78 is 10.2. The first-order chi connectivity index (χ1) is 9.62. The lowest BCUT2D eigenvalue weighted by molar-refractivity contribution is 0.178. The molecule has 1 N–H and O–H groups in total. The minimum Gasteiger partial charge on any atom is -0.496 e. The third-order valence-electron chi connectivity index (χ3n) is 2.68. The Bertz CT molecular complexity index is 605. The summed E-state index contributed by atoms with van der Waals surface area (Å²) in [4.78, 5) is 8.41. The lowest BCUT2D eigenvalue weighted by atomic mass is 10.2. The van der Waals surface area contributed by atoms with Crippen molar-refractivity contribution in [3.05, 3.63) is 40.8 Å². The van der Waals surface area contributed by atoms with E-state index in [-0.39, 0.29) is 0 Å². The zero-order valence-electron chi connectivity index (χ0n) is 11.6. The molecule has 6 heteroatoms. The monoisotopic (exact) mass is 293 g/mol. The lowest BCUT2D eigenvalue weighted by Gasteiger charge is -2.10. The zero-order valence-corrected chi connectivity index (χ0v) is 12.4. The molecule has 0 bridgehead atoms. The molecule has 0 aliphatic heterocycles. The maximum atomic E-state index is 5.96. The molecule has 2 aromatic rings. The average molecular weight is 294 g/mol. The van der Waals surface area contributed by atoms with Gasteiger partial charge >= 0.3 is 0 Å². The average Bonchev–Trinajstić information content (AvgIpc) is 2.38. The summed E-state index contributed by atoms with van der Waals surface area (Å²) in [6.07, 6.45) is 0. The van der Waals surface area contributed by atoms with Crippen LogP contribution >= 0.6 is 11.6 Å². The van der Waals surface area contributed by atoms with Gasteiger partial charge in [0.25, 0.3) is 0 Å². The Hall–Kier alpha value is -1.85. The van der Waals surface area contributed by atoms with E-state index in [1.54, 1.807) is 20.3 Å². The number of aryl methyl sites for hydroxylation is 1. The van der Waals surface area contributed by atoms with Gasteiger partial charge in [0.15, 0.2) is 5.82 Å². The molecule has 0 unspecified atom stereocenters. The zero-order chi connectivity index (χ0) is 14.5. The molecule has 0 aliphatic carbocycles. The van der Waals surface area contributed by atoms with Gasteiger partial charge in [0.1, 0.15) is 23.3 Å². The number of rotatable bonds is 5. The number of methoxy groups -OCH3 is 2. The van der Waals surface area contributed by atoms with E-state index in [9.17, 15) is 0 Å². The third-order valence-corrected chi connectivity index (χ3v) is 2.88.